The Labute approximate surface area is 457 Å². The van der Waals surface area contributed by atoms with E-state index in [1.165, 1.54) is 32.4 Å². The topological polar surface area (TPSA) is 38.5 Å². The molecule has 0 unspecified atom stereocenters. The summed E-state index contributed by atoms with van der Waals surface area (Å²) in [5, 5.41) is 1.84. The number of aryl methyl sites for hydroxylation is 1. The van der Waals surface area contributed by atoms with Crippen LogP contribution < -0.4 is 14.5 Å². The van der Waals surface area contributed by atoms with Gasteiger partial charge in [0, 0.05) is 77.4 Å². The van der Waals surface area contributed by atoms with Crippen LogP contribution in [-0.4, -0.2) is 14.1 Å². The molecule has 0 bridgehead atoms. The number of benzene rings is 8. The molecular weight excluding hydrogens is 1090 g/mol. The summed E-state index contributed by atoms with van der Waals surface area (Å²) in [6.07, 6.45) is 0. The van der Waals surface area contributed by atoms with Crippen molar-refractivity contribution in [2.45, 2.75) is 105 Å². The van der Waals surface area contributed by atoms with Crippen molar-refractivity contribution in [1.82, 2.24) is 14.1 Å². The Kier molecular flexibility index (Phi) is 11.7. The fourth-order valence-corrected chi connectivity index (χ4v) is 11.1. The molecule has 2 aromatic heterocycles. The Morgan fingerprint density at radius 1 is 0.514 bits per heavy atom. The van der Waals surface area contributed by atoms with E-state index in [1.807, 2.05) is 59.2 Å². The van der Waals surface area contributed by atoms with Crippen molar-refractivity contribution in [3.05, 3.63) is 199 Å². The Hall–Kier alpha value is -6.88. The van der Waals surface area contributed by atoms with Gasteiger partial charge < -0.3 is 23.7 Å². The fraction of sp³-hybridized carbons (Fsp3) is 0.254. The second-order valence-corrected chi connectivity index (χ2v) is 23.7. The number of hydrogen-bond acceptors (Lipinski definition) is 4. The van der Waals surface area contributed by atoms with Crippen LogP contribution in [0.2, 0.25) is 0 Å². The number of nitrogens with zero attached hydrogens (tertiary/aromatic N) is 5. The van der Waals surface area contributed by atoms with Crippen molar-refractivity contribution in [2.75, 3.05) is 9.80 Å². The maximum Gasteiger partial charge on any atom is 0.213 e. The monoisotopic (exact) mass is 1150 g/mol. The number of aromatic nitrogens is 3. The van der Waals surface area contributed by atoms with Gasteiger partial charge in [-0.25, -0.2) is 4.98 Å². The zero-order valence-electron chi connectivity index (χ0n) is 47.5. The number of fused-ring (bicyclic) bond motifs is 5. The van der Waals surface area contributed by atoms with Gasteiger partial charge >= 0.3 is 0 Å². The molecule has 1 aliphatic heterocycles. The number of para-hydroxylation sites is 5. The van der Waals surface area contributed by atoms with E-state index >= 15 is 0 Å². The maximum atomic E-state index is 8.68. The van der Waals surface area contributed by atoms with Gasteiger partial charge in [0.05, 0.1) is 11.0 Å². The van der Waals surface area contributed by atoms with Gasteiger partial charge in [0.1, 0.15) is 0 Å². The molecule has 378 valence electrons. The normalized spacial score (nSPS) is 14.0. The molecule has 8 aromatic carbocycles. The first kappa shape index (κ1) is 46.9. The zero-order valence-corrected chi connectivity index (χ0v) is 46.8. The number of hydrogen-bond donors (Lipinski definition) is 0. The van der Waals surface area contributed by atoms with Crippen molar-refractivity contribution >= 4 is 55.6 Å². The van der Waals surface area contributed by atoms with E-state index < -0.39 is 6.98 Å². The van der Waals surface area contributed by atoms with Crippen molar-refractivity contribution in [2.24, 2.45) is 6.98 Å². The third-order valence-corrected chi connectivity index (χ3v) is 14.2. The minimum absolute atomic E-state index is 0. The van der Waals surface area contributed by atoms with Gasteiger partial charge in [-0.2, -0.15) is 6.07 Å². The molecule has 0 radical (unpaired) electrons. The van der Waals surface area contributed by atoms with E-state index in [2.05, 4.69) is 209 Å². The molecule has 0 amide bonds. The summed E-state index contributed by atoms with van der Waals surface area (Å²) in [5.41, 5.74) is 15.5. The molecule has 3 heterocycles. The molecule has 1 aliphatic rings. The quantitative estimate of drug-likeness (QED) is 0.149. The summed E-state index contributed by atoms with van der Waals surface area (Å²) in [6, 6.07) is 61.6. The van der Waals surface area contributed by atoms with Gasteiger partial charge in [0.15, 0.2) is 0 Å². The van der Waals surface area contributed by atoms with Crippen LogP contribution in [0.1, 0.15) is 109 Å². The second kappa shape index (κ2) is 18.5. The van der Waals surface area contributed by atoms with Crippen LogP contribution in [0, 0.1) is 18.8 Å². The van der Waals surface area contributed by atoms with Crippen LogP contribution in [0.15, 0.2) is 158 Å². The molecule has 74 heavy (non-hydrogen) atoms. The number of anilines is 4. The third kappa shape index (κ3) is 8.73. The minimum atomic E-state index is -2.51. The summed E-state index contributed by atoms with van der Waals surface area (Å²) in [7, 11) is 0. The van der Waals surface area contributed by atoms with E-state index in [1.54, 1.807) is 6.07 Å². The van der Waals surface area contributed by atoms with Crippen LogP contribution in [0.5, 0.6) is 11.5 Å². The first-order valence-electron chi connectivity index (χ1n) is 27.0. The van der Waals surface area contributed by atoms with Crippen LogP contribution in [-0.2, 0) is 49.7 Å². The van der Waals surface area contributed by atoms with Gasteiger partial charge in [-0.3, -0.25) is 0 Å². The van der Waals surface area contributed by atoms with Crippen molar-refractivity contribution in [1.29, 1.82) is 0 Å². The van der Waals surface area contributed by atoms with E-state index in [0.717, 1.165) is 55.7 Å². The minimum Gasteiger partial charge on any atom is -0.509 e. The molecular formula is C67H66N5OPt-3. The van der Waals surface area contributed by atoms with Crippen molar-refractivity contribution < 1.29 is 29.9 Å². The Morgan fingerprint density at radius 3 is 1.64 bits per heavy atom. The molecule has 0 saturated heterocycles. The van der Waals surface area contributed by atoms with Crippen molar-refractivity contribution in [3.63, 3.8) is 0 Å². The van der Waals surface area contributed by atoms with Gasteiger partial charge in [0.25, 0.3) is 0 Å². The summed E-state index contributed by atoms with van der Waals surface area (Å²) in [5.74, 6) is 1.26. The van der Waals surface area contributed by atoms with Gasteiger partial charge in [0.2, 0.25) is 5.95 Å². The second-order valence-electron chi connectivity index (χ2n) is 23.7. The predicted molar refractivity (Wildman–Crippen MR) is 306 cm³/mol. The predicted octanol–water partition coefficient (Wildman–Crippen LogP) is 18.0. The first-order chi connectivity index (χ1) is 35.9. The first-order valence-corrected chi connectivity index (χ1v) is 25.5. The molecule has 0 atom stereocenters. The zero-order chi connectivity index (χ0) is 53.9. The van der Waals surface area contributed by atoms with Gasteiger partial charge in [-0.15, -0.1) is 53.6 Å². The SMILES string of the molecule is [2H]C([2H])([2H])n1c(-n2c3[c-]c(Oc4[c-]c(N5[CH-]N(c6c(-c7ccccc7)c(C(C)(C)C)c(C(C)(C)C)c(C(C)(C)C)c6-c6ccccc6)c6ccccc65)cc(C(C)(C)C)c4)ccc3c3ccccc32)nc2ccccc21.[Pt]. The average Bonchev–Trinajstić information content (AvgIpc) is 4.16. The summed E-state index contributed by atoms with van der Waals surface area (Å²) in [4.78, 5) is 9.65. The van der Waals surface area contributed by atoms with Crippen LogP contribution >= 0.6 is 0 Å². The van der Waals surface area contributed by atoms with Crippen LogP contribution in [0.4, 0.5) is 22.7 Å². The molecule has 0 saturated carbocycles. The van der Waals surface area contributed by atoms with E-state index in [9.17, 15) is 0 Å². The molecule has 0 aliphatic carbocycles. The molecule has 0 spiro atoms. The standard InChI is InChI=1S/C67H66N5O.Pt/c1-64(2,3)45-38-46(40-48(39-45)73-47-36-37-50-49-30-20-22-32-52(49)72(56(50)41-47)63-68-51-31-21-23-33-53(51)69(63)13)70-42-71(55-35-25-24-34-54(55)70)62-57(43-26-16-14-17-27-43)59(65(4,5)6)61(67(10,11)12)60(66(7,8)9)58(62)44-28-18-15-19-29-44;/h14-39,42H,1-13H3;/q-3;/i13D3;. The molecule has 6 nitrogen and oxygen atoms in total. The van der Waals surface area contributed by atoms with E-state index in [4.69, 9.17) is 13.8 Å². The molecule has 11 rings (SSSR count). The fourth-order valence-electron chi connectivity index (χ4n) is 11.1. The van der Waals surface area contributed by atoms with Gasteiger partial charge in [-0.05, 0) is 85.2 Å². The number of rotatable bonds is 7. The number of imidazole rings is 1. The van der Waals surface area contributed by atoms with Crippen LogP contribution in [0.25, 0.3) is 61.0 Å². The van der Waals surface area contributed by atoms with Gasteiger partial charge in [-0.1, -0.05) is 192 Å². The summed E-state index contributed by atoms with van der Waals surface area (Å²) in [6.45, 7) is 27.7. The van der Waals surface area contributed by atoms with Crippen LogP contribution in [0.3, 0.4) is 0 Å². The maximum absolute atomic E-state index is 8.68. The molecule has 7 heteroatoms. The molecule has 0 N–H and O–H groups in total. The molecule has 0 fully saturated rings. The smallest absolute Gasteiger partial charge is 0.213 e. The van der Waals surface area contributed by atoms with E-state index in [-0.39, 0.29) is 48.7 Å². The van der Waals surface area contributed by atoms with E-state index in [0.29, 0.717) is 28.0 Å². The summed E-state index contributed by atoms with van der Waals surface area (Å²) < 4.78 is 36.2. The molecule has 10 aromatic rings. The Balaban J connectivity index is 0.00000672. The largest absolute Gasteiger partial charge is 0.509 e. The third-order valence-electron chi connectivity index (χ3n) is 14.2. The van der Waals surface area contributed by atoms with Crippen molar-refractivity contribution in [3.8, 4) is 39.7 Å². The Morgan fingerprint density at radius 2 is 1.05 bits per heavy atom. The average molecular weight is 1160 g/mol. The Bertz CT molecular complexity index is 3790. The number of ether oxygens (including phenoxy) is 1. The summed E-state index contributed by atoms with van der Waals surface area (Å²) >= 11 is 0.